The van der Waals surface area contributed by atoms with Gasteiger partial charge in [-0.15, -0.1) is 0 Å². The zero-order chi connectivity index (χ0) is 10.7. The number of nitrogens with zero attached hydrogens (tertiary/aromatic N) is 2. The van der Waals surface area contributed by atoms with Crippen LogP contribution in [0, 0.1) is 17.8 Å². The highest BCUT2D eigenvalue weighted by Gasteiger charge is 2.31. The summed E-state index contributed by atoms with van der Waals surface area (Å²) in [7, 11) is 0. The highest BCUT2D eigenvalue weighted by molar-refractivity contribution is 6.00. The van der Waals surface area contributed by atoms with E-state index in [9.17, 15) is 0 Å². The van der Waals surface area contributed by atoms with Crippen LogP contribution in [-0.4, -0.2) is 21.8 Å². The SMILES string of the molecule is CC1CC(=NO)C(C(C)C)CC1=NO. The summed E-state index contributed by atoms with van der Waals surface area (Å²) in [4.78, 5) is 0. The Labute approximate surface area is 84.3 Å². The molecule has 0 bridgehead atoms. The standard InChI is InChI=1S/C10H18N2O2/c1-6(2)8-5-9(11-13)7(3)4-10(8)12-14/h6-8,13-14H,4-5H2,1-3H3. The van der Waals surface area contributed by atoms with Crippen molar-refractivity contribution in [2.24, 2.45) is 28.1 Å². The Morgan fingerprint density at radius 2 is 1.71 bits per heavy atom. The Kier molecular flexibility index (Phi) is 3.49. The summed E-state index contributed by atoms with van der Waals surface area (Å²) in [6.45, 7) is 6.15. The molecule has 0 aromatic heterocycles. The number of rotatable bonds is 1. The molecule has 1 fully saturated rings. The lowest BCUT2D eigenvalue weighted by atomic mass is 9.75. The van der Waals surface area contributed by atoms with Gasteiger partial charge in [-0.3, -0.25) is 0 Å². The Morgan fingerprint density at radius 1 is 1.14 bits per heavy atom. The number of hydrogen-bond acceptors (Lipinski definition) is 4. The third kappa shape index (κ3) is 2.05. The smallest absolute Gasteiger partial charge is 0.0614 e. The Morgan fingerprint density at radius 3 is 2.14 bits per heavy atom. The van der Waals surface area contributed by atoms with Crippen molar-refractivity contribution in [2.75, 3.05) is 0 Å². The molecule has 0 saturated heterocycles. The summed E-state index contributed by atoms with van der Waals surface area (Å²) in [6.07, 6.45) is 1.40. The zero-order valence-corrected chi connectivity index (χ0v) is 8.94. The van der Waals surface area contributed by atoms with Crippen LogP contribution in [0.25, 0.3) is 0 Å². The van der Waals surface area contributed by atoms with E-state index in [-0.39, 0.29) is 11.8 Å². The van der Waals surface area contributed by atoms with E-state index in [2.05, 4.69) is 24.2 Å². The molecule has 0 aromatic rings. The van der Waals surface area contributed by atoms with Gasteiger partial charge in [-0.05, 0) is 18.8 Å². The van der Waals surface area contributed by atoms with E-state index in [4.69, 9.17) is 10.4 Å². The van der Waals surface area contributed by atoms with E-state index in [1.54, 1.807) is 0 Å². The molecule has 1 aliphatic rings. The van der Waals surface area contributed by atoms with Crippen molar-refractivity contribution in [1.82, 2.24) is 0 Å². The molecular weight excluding hydrogens is 180 g/mol. The molecule has 0 radical (unpaired) electrons. The maximum absolute atomic E-state index is 8.87. The first-order chi connectivity index (χ1) is 6.60. The fourth-order valence-electron chi connectivity index (χ4n) is 2.00. The van der Waals surface area contributed by atoms with Gasteiger partial charge >= 0.3 is 0 Å². The molecule has 2 atom stereocenters. The Hall–Kier alpha value is -1.06. The molecule has 2 unspecified atom stereocenters. The van der Waals surface area contributed by atoms with Crippen LogP contribution >= 0.6 is 0 Å². The van der Waals surface area contributed by atoms with Crippen LogP contribution in [0.4, 0.5) is 0 Å². The lowest BCUT2D eigenvalue weighted by Gasteiger charge is -2.30. The average Bonchev–Trinajstić information content (AvgIpc) is 2.16. The van der Waals surface area contributed by atoms with Crippen LogP contribution in [0.15, 0.2) is 10.3 Å². The van der Waals surface area contributed by atoms with Gasteiger partial charge < -0.3 is 10.4 Å². The van der Waals surface area contributed by atoms with E-state index < -0.39 is 0 Å². The summed E-state index contributed by atoms with van der Waals surface area (Å²) >= 11 is 0. The van der Waals surface area contributed by atoms with Crippen molar-refractivity contribution in [1.29, 1.82) is 0 Å². The Balaban J connectivity index is 2.85. The molecule has 14 heavy (non-hydrogen) atoms. The molecule has 2 N–H and O–H groups in total. The minimum Gasteiger partial charge on any atom is -0.411 e. The third-order valence-electron chi connectivity index (χ3n) is 3.00. The van der Waals surface area contributed by atoms with Gasteiger partial charge in [0, 0.05) is 11.8 Å². The van der Waals surface area contributed by atoms with E-state index in [0.717, 1.165) is 11.4 Å². The van der Waals surface area contributed by atoms with Gasteiger partial charge in [-0.25, -0.2) is 0 Å². The molecule has 4 heteroatoms. The molecule has 1 rings (SSSR count). The quantitative estimate of drug-likeness (QED) is 0.501. The largest absolute Gasteiger partial charge is 0.411 e. The summed E-state index contributed by atoms with van der Waals surface area (Å²) in [5.41, 5.74) is 1.65. The first-order valence-electron chi connectivity index (χ1n) is 5.01. The highest BCUT2D eigenvalue weighted by atomic mass is 16.4. The lowest BCUT2D eigenvalue weighted by molar-refractivity contribution is 0.298. The van der Waals surface area contributed by atoms with Crippen molar-refractivity contribution < 1.29 is 10.4 Å². The van der Waals surface area contributed by atoms with Crippen LogP contribution in [0.3, 0.4) is 0 Å². The maximum Gasteiger partial charge on any atom is 0.0614 e. The number of oxime groups is 2. The van der Waals surface area contributed by atoms with Crippen molar-refractivity contribution in [3.05, 3.63) is 0 Å². The van der Waals surface area contributed by atoms with E-state index >= 15 is 0 Å². The molecule has 4 nitrogen and oxygen atoms in total. The zero-order valence-electron chi connectivity index (χ0n) is 8.94. The van der Waals surface area contributed by atoms with Gasteiger partial charge in [0.25, 0.3) is 0 Å². The van der Waals surface area contributed by atoms with Crippen LogP contribution in [-0.2, 0) is 0 Å². The van der Waals surface area contributed by atoms with E-state index in [1.165, 1.54) is 0 Å². The maximum atomic E-state index is 8.87. The molecule has 0 aromatic carbocycles. The average molecular weight is 198 g/mol. The molecule has 0 aliphatic heterocycles. The molecule has 0 amide bonds. The van der Waals surface area contributed by atoms with Gasteiger partial charge in [0.1, 0.15) is 0 Å². The third-order valence-corrected chi connectivity index (χ3v) is 3.00. The molecule has 80 valence electrons. The highest BCUT2D eigenvalue weighted by Crippen LogP contribution is 2.29. The van der Waals surface area contributed by atoms with Crippen LogP contribution in [0.1, 0.15) is 33.6 Å². The van der Waals surface area contributed by atoms with Crippen molar-refractivity contribution in [3.63, 3.8) is 0 Å². The van der Waals surface area contributed by atoms with Crippen molar-refractivity contribution in [2.45, 2.75) is 33.6 Å². The molecule has 0 heterocycles. The van der Waals surface area contributed by atoms with Gasteiger partial charge in [0.05, 0.1) is 11.4 Å². The minimum atomic E-state index is 0.181. The monoisotopic (exact) mass is 198 g/mol. The van der Waals surface area contributed by atoms with Crippen LogP contribution < -0.4 is 0 Å². The van der Waals surface area contributed by atoms with Crippen LogP contribution in [0.5, 0.6) is 0 Å². The van der Waals surface area contributed by atoms with E-state index in [1.807, 2.05) is 6.92 Å². The van der Waals surface area contributed by atoms with Gasteiger partial charge in [-0.1, -0.05) is 31.1 Å². The Bertz CT molecular complexity index is 259. The first-order valence-corrected chi connectivity index (χ1v) is 5.01. The molecule has 0 spiro atoms. The molecular formula is C10H18N2O2. The second-order valence-corrected chi connectivity index (χ2v) is 4.34. The first kappa shape index (κ1) is 11.0. The summed E-state index contributed by atoms with van der Waals surface area (Å²) in [5, 5.41) is 24.3. The summed E-state index contributed by atoms with van der Waals surface area (Å²) in [5.74, 6) is 0.799. The molecule has 1 aliphatic carbocycles. The fourth-order valence-corrected chi connectivity index (χ4v) is 2.00. The predicted octanol–water partition coefficient (Wildman–Crippen LogP) is 2.35. The van der Waals surface area contributed by atoms with Gasteiger partial charge in [0.15, 0.2) is 0 Å². The summed E-state index contributed by atoms with van der Waals surface area (Å²) in [6, 6.07) is 0. The predicted molar refractivity (Wildman–Crippen MR) is 55.2 cm³/mol. The molecule has 1 saturated carbocycles. The van der Waals surface area contributed by atoms with E-state index in [0.29, 0.717) is 18.8 Å². The topological polar surface area (TPSA) is 65.2 Å². The van der Waals surface area contributed by atoms with Crippen molar-refractivity contribution >= 4 is 11.4 Å². The van der Waals surface area contributed by atoms with Gasteiger partial charge in [0.2, 0.25) is 0 Å². The second kappa shape index (κ2) is 4.44. The number of hydrogen-bond donors (Lipinski definition) is 2. The minimum absolute atomic E-state index is 0.181. The van der Waals surface area contributed by atoms with Crippen molar-refractivity contribution in [3.8, 4) is 0 Å². The lowest BCUT2D eigenvalue weighted by Crippen LogP contribution is -2.34. The summed E-state index contributed by atoms with van der Waals surface area (Å²) < 4.78 is 0. The normalized spacial score (nSPS) is 34.3. The van der Waals surface area contributed by atoms with Gasteiger partial charge in [-0.2, -0.15) is 0 Å². The van der Waals surface area contributed by atoms with Crippen LogP contribution in [0.2, 0.25) is 0 Å². The fraction of sp³-hybridized carbons (Fsp3) is 0.800. The second-order valence-electron chi connectivity index (χ2n) is 4.34.